The number of hydrogen-bond donors (Lipinski definition) is 1. The van der Waals surface area contributed by atoms with Gasteiger partial charge in [0.05, 0.1) is 5.69 Å². The molecule has 0 amide bonds. The van der Waals surface area contributed by atoms with Gasteiger partial charge in [0.1, 0.15) is 12.4 Å². The topological polar surface area (TPSA) is 47.3 Å². The molecule has 1 aromatic heterocycles. The summed E-state index contributed by atoms with van der Waals surface area (Å²) in [6.07, 6.45) is -3.72. The summed E-state index contributed by atoms with van der Waals surface area (Å²) in [4.78, 5) is 0. The van der Waals surface area contributed by atoms with Crippen LogP contribution >= 0.6 is 0 Å². The van der Waals surface area contributed by atoms with Gasteiger partial charge in [-0.2, -0.15) is 13.2 Å². The Hall–Kier alpha value is -1.08. The van der Waals surface area contributed by atoms with Gasteiger partial charge in [-0.05, 0) is 26.8 Å². The van der Waals surface area contributed by atoms with Crippen molar-refractivity contribution in [2.45, 2.75) is 33.0 Å². The Morgan fingerprint density at radius 2 is 2.06 bits per heavy atom. The van der Waals surface area contributed by atoms with E-state index in [1.807, 2.05) is 13.8 Å². The molecule has 1 rings (SSSR count). The number of halogens is 3. The fourth-order valence-corrected chi connectivity index (χ4v) is 1.45. The number of nitrogens with zero attached hydrogens (tertiary/aromatic N) is 1. The van der Waals surface area contributed by atoms with Crippen LogP contribution in [0.15, 0.2) is 4.52 Å². The highest BCUT2D eigenvalue weighted by Crippen LogP contribution is 2.14. The summed E-state index contributed by atoms with van der Waals surface area (Å²) in [6.45, 7) is 3.76. The summed E-state index contributed by atoms with van der Waals surface area (Å²) < 4.78 is 44.7. The minimum absolute atomic E-state index is 0.0914. The summed E-state index contributed by atoms with van der Waals surface area (Å²) in [5.74, 6) is 0.758. The number of hydrogen-bond acceptors (Lipinski definition) is 4. The van der Waals surface area contributed by atoms with Crippen LogP contribution < -0.4 is 5.32 Å². The van der Waals surface area contributed by atoms with Crippen LogP contribution in [0.3, 0.4) is 0 Å². The van der Waals surface area contributed by atoms with Crippen LogP contribution in [-0.4, -0.2) is 31.1 Å². The third-order valence-electron chi connectivity index (χ3n) is 2.39. The highest BCUT2D eigenvalue weighted by molar-refractivity contribution is 5.20. The van der Waals surface area contributed by atoms with E-state index in [0.717, 1.165) is 17.0 Å². The fraction of sp³-hybridized carbons (Fsp3) is 0.727. The molecule has 1 aromatic rings. The van der Waals surface area contributed by atoms with Crippen molar-refractivity contribution >= 4 is 0 Å². The molecule has 0 fully saturated rings. The number of rotatable bonds is 7. The van der Waals surface area contributed by atoms with Gasteiger partial charge >= 0.3 is 6.18 Å². The van der Waals surface area contributed by atoms with Crippen LogP contribution in [0.5, 0.6) is 0 Å². The molecule has 7 heteroatoms. The molecule has 104 valence electrons. The van der Waals surface area contributed by atoms with Gasteiger partial charge in [-0.1, -0.05) is 5.16 Å². The molecule has 0 aliphatic rings. The zero-order chi connectivity index (χ0) is 13.6. The van der Waals surface area contributed by atoms with Crippen molar-refractivity contribution in [1.29, 1.82) is 0 Å². The zero-order valence-corrected chi connectivity index (χ0v) is 10.4. The number of alkyl halides is 3. The van der Waals surface area contributed by atoms with Gasteiger partial charge < -0.3 is 14.6 Å². The molecule has 0 radical (unpaired) electrons. The molecule has 0 spiro atoms. The monoisotopic (exact) mass is 266 g/mol. The molecule has 0 atom stereocenters. The van der Waals surface area contributed by atoms with Crippen molar-refractivity contribution < 1.29 is 22.4 Å². The molecular weight excluding hydrogens is 249 g/mol. The number of nitrogens with one attached hydrogen (secondary N) is 1. The van der Waals surface area contributed by atoms with Crippen LogP contribution in [0.1, 0.15) is 23.4 Å². The summed E-state index contributed by atoms with van der Waals surface area (Å²) in [7, 11) is 0. The molecule has 0 aliphatic heterocycles. The SMILES string of the molecule is Cc1noc(C)c1CNCCCOCC(F)(F)F. The average Bonchev–Trinajstić information content (AvgIpc) is 2.57. The van der Waals surface area contributed by atoms with Gasteiger partial charge in [0.2, 0.25) is 0 Å². The van der Waals surface area contributed by atoms with Gasteiger partial charge in [0.25, 0.3) is 0 Å². The van der Waals surface area contributed by atoms with Crippen molar-refractivity contribution in [3.8, 4) is 0 Å². The van der Waals surface area contributed by atoms with Crippen LogP contribution in [0.25, 0.3) is 0 Å². The van der Waals surface area contributed by atoms with E-state index in [9.17, 15) is 13.2 Å². The maximum absolute atomic E-state index is 11.7. The Labute approximate surface area is 103 Å². The van der Waals surface area contributed by atoms with Crippen molar-refractivity contribution in [3.63, 3.8) is 0 Å². The van der Waals surface area contributed by atoms with Crippen molar-refractivity contribution in [3.05, 3.63) is 17.0 Å². The molecule has 1 heterocycles. The molecule has 0 unspecified atom stereocenters. The first kappa shape index (κ1) is 15.0. The standard InChI is InChI=1S/C11H17F3N2O2/c1-8-10(9(2)18-16-8)6-15-4-3-5-17-7-11(12,13)14/h15H,3-7H2,1-2H3. The molecule has 18 heavy (non-hydrogen) atoms. The fourth-order valence-electron chi connectivity index (χ4n) is 1.45. The quantitative estimate of drug-likeness (QED) is 0.770. The second-order valence-electron chi connectivity index (χ2n) is 4.00. The molecular formula is C11H17F3N2O2. The van der Waals surface area contributed by atoms with Crippen LogP contribution in [0.2, 0.25) is 0 Å². The van der Waals surface area contributed by atoms with E-state index in [4.69, 9.17) is 4.52 Å². The second-order valence-corrected chi connectivity index (χ2v) is 4.00. The van der Waals surface area contributed by atoms with Gasteiger partial charge in [-0.15, -0.1) is 0 Å². The molecule has 0 saturated carbocycles. The molecule has 0 aromatic carbocycles. The third kappa shape index (κ3) is 5.50. The van der Waals surface area contributed by atoms with Gasteiger partial charge in [-0.25, -0.2) is 0 Å². The van der Waals surface area contributed by atoms with Crippen LogP contribution in [0, 0.1) is 13.8 Å². The lowest BCUT2D eigenvalue weighted by atomic mass is 10.2. The summed E-state index contributed by atoms with van der Waals surface area (Å²) >= 11 is 0. The first-order valence-corrected chi connectivity index (χ1v) is 5.67. The minimum Gasteiger partial charge on any atom is -0.372 e. The predicted molar refractivity (Wildman–Crippen MR) is 59.2 cm³/mol. The van der Waals surface area contributed by atoms with E-state index >= 15 is 0 Å². The minimum atomic E-state index is -4.25. The van der Waals surface area contributed by atoms with E-state index in [1.54, 1.807) is 0 Å². The van der Waals surface area contributed by atoms with Crippen LogP contribution in [-0.2, 0) is 11.3 Å². The van der Waals surface area contributed by atoms with Crippen molar-refractivity contribution in [2.24, 2.45) is 0 Å². The summed E-state index contributed by atoms with van der Waals surface area (Å²) in [5.41, 5.74) is 1.82. The van der Waals surface area contributed by atoms with E-state index in [1.165, 1.54) is 0 Å². The summed E-state index contributed by atoms with van der Waals surface area (Å²) in [6, 6.07) is 0. The first-order chi connectivity index (χ1) is 8.40. The Balaban J connectivity index is 2.06. The average molecular weight is 266 g/mol. The smallest absolute Gasteiger partial charge is 0.372 e. The molecule has 0 bridgehead atoms. The number of aryl methyl sites for hydroxylation is 2. The van der Waals surface area contributed by atoms with E-state index in [-0.39, 0.29) is 6.61 Å². The van der Waals surface area contributed by atoms with Gasteiger partial charge in [0, 0.05) is 18.7 Å². The lowest BCUT2D eigenvalue weighted by Crippen LogP contribution is -2.20. The Kier molecular flexibility index (Phi) is 5.61. The highest BCUT2D eigenvalue weighted by Gasteiger charge is 2.27. The normalized spacial score (nSPS) is 12.1. The number of ether oxygens (including phenoxy) is 1. The Morgan fingerprint density at radius 3 is 2.61 bits per heavy atom. The van der Waals surface area contributed by atoms with E-state index in [0.29, 0.717) is 19.5 Å². The van der Waals surface area contributed by atoms with Crippen molar-refractivity contribution in [2.75, 3.05) is 19.8 Å². The third-order valence-corrected chi connectivity index (χ3v) is 2.39. The maximum atomic E-state index is 11.7. The maximum Gasteiger partial charge on any atom is 0.411 e. The Morgan fingerprint density at radius 1 is 1.33 bits per heavy atom. The molecule has 4 nitrogen and oxygen atoms in total. The first-order valence-electron chi connectivity index (χ1n) is 5.67. The van der Waals surface area contributed by atoms with E-state index < -0.39 is 12.8 Å². The lowest BCUT2D eigenvalue weighted by Gasteiger charge is -2.08. The second kappa shape index (κ2) is 6.75. The lowest BCUT2D eigenvalue weighted by molar-refractivity contribution is -0.173. The molecule has 0 saturated heterocycles. The number of aromatic nitrogens is 1. The molecule has 0 aliphatic carbocycles. The van der Waals surface area contributed by atoms with Gasteiger partial charge in [0.15, 0.2) is 0 Å². The van der Waals surface area contributed by atoms with Crippen molar-refractivity contribution in [1.82, 2.24) is 10.5 Å². The van der Waals surface area contributed by atoms with Gasteiger partial charge in [-0.3, -0.25) is 0 Å². The zero-order valence-electron chi connectivity index (χ0n) is 10.4. The molecule has 1 N–H and O–H groups in total. The summed E-state index contributed by atoms with van der Waals surface area (Å²) in [5, 5.41) is 6.91. The largest absolute Gasteiger partial charge is 0.411 e. The predicted octanol–water partition coefficient (Wildman–Crippen LogP) is 2.35. The highest BCUT2D eigenvalue weighted by atomic mass is 19.4. The van der Waals surface area contributed by atoms with E-state index in [2.05, 4.69) is 15.2 Å². The Bertz CT molecular complexity index is 344. The van der Waals surface area contributed by atoms with Crippen LogP contribution in [0.4, 0.5) is 13.2 Å².